The second-order valence-corrected chi connectivity index (χ2v) is 8.49. The molecule has 1 fully saturated rings. The number of rotatable bonds is 7. The van der Waals surface area contributed by atoms with E-state index in [0.29, 0.717) is 30.1 Å². The van der Waals surface area contributed by atoms with Crippen molar-refractivity contribution in [3.63, 3.8) is 0 Å². The zero-order chi connectivity index (χ0) is 22.1. The average Bonchev–Trinajstić information content (AvgIpc) is 3.59. The number of hydrogen-bond donors (Lipinski definition) is 1. The zero-order valence-electron chi connectivity index (χ0n) is 17.2. The highest BCUT2D eigenvalue weighted by Crippen LogP contribution is 2.40. The van der Waals surface area contributed by atoms with Crippen LogP contribution in [0.25, 0.3) is 10.8 Å². The molecule has 2 aromatic carbocycles. The van der Waals surface area contributed by atoms with Crippen LogP contribution >= 0.6 is 15.9 Å². The van der Waals surface area contributed by atoms with Crippen molar-refractivity contribution in [2.24, 2.45) is 0 Å². The molecule has 0 atom stereocenters. The second-order valence-electron chi connectivity index (χ2n) is 7.92. The molecular formula is C24H23BrF2N2O2. The first-order chi connectivity index (χ1) is 14.9. The molecule has 0 saturated heterocycles. The minimum Gasteiger partial charge on any atom is -0.348 e. The van der Waals surface area contributed by atoms with Gasteiger partial charge in [0.25, 0.3) is 11.5 Å². The van der Waals surface area contributed by atoms with Gasteiger partial charge in [0.05, 0.1) is 10.9 Å². The second kappa shape index (κ2) is 8.91. The van der Waals surface area contributed by atoms with E-state index in [1.54, 1.807) is 12.1 Å². The number of nitrogens with one attached hydrogen (secondary N) is 1. The Morgan fingerprint density at radius 1 is 1.23 bits per heavy atom. The van der Waals surface area contributed by atoms with E-state index in [1.165, 1.54) is 22.8 Å². The van der Waals surface area contributed by atoms with Gasteiger partial charge in [-0.25, -0.2) is 8.78 Å². The fraction of sp³-hybridized carbons (Fsp3) is 0.333. The molecule has 1 heterocycles. The average molecular weight is 489 g/mol. The van der Waals surface area contributed by atoms with Gasteiger partial charge in [0.1, 0.15) is 11.6 Å². The highest BCUT2D eigenvalue weighted by molar-refractivity contribution is 9.08. The summed E-state index contributed by atoms with van der Waals surface area (Å²) in [7, 11) is 0. The summed E-state index contributed by atoms with van der Waals surface area (Å²) in [5, 5.41) is 3.30. The Kier molecular flexibility index (Phi) is 6.23. The van der Waals surface area contributed by atoms with E-state index >= 15 is 0 Å². The van der Waals surface area contributed by atoms with E-state index in [0.717, 1.165) is 18.4 Å². The summed E-state index contributed by atoms with van der Waals surface area (Å²) < 4.78 is 30.0. The third-order valence-electron chi connectivity index (χ3n) is 5.64. The Morgan fingerprint density at radius 3 is 2.68 bits per heavy atom. The first-order valence-corrected chi connectivity index (χ1v) is 11.5. The number of benzene rings is 2. The smallest absolute Gasteiger partial charge is 0.261 e. The van der Waals surface area contributed by atoms with Crippen molar-refractivity contribution in [3.8, 4) is 0 Å². The number of amides is 1. The van der Waals surface area contributed by atoms with Gasteiger partial charge in [-0.2, -0.15) is 0 Å². The van der Waals surface area contributed by atoms with Gasteiger partial charge in [0.2, 0.25) is 0 Å². The van der Waals surface area contributed by atoms with Crippen LogP contribution in [0.2, 0.25) is 0 Å². The quantitative estimate of drug-likeness (QED) is 0.453. The molecule has 1 amide bonds. The number of carbonyl (C=O) groups excluding carboxylic acids is 1. The van der Waals surface area contributed by atoms with Crippen LogP contribution in [0.4, 0.5) is 8.78 Å². The topological polar surface area (TPSA) is 51.1 Å². The predicted molar refractivity (Wildman–Crippen MR) is 121 cm³/mol. The van der Waals surface area contributed by atoms with Crippen LogP contribution in [0.3, 0.4) is 0 Å². The van der Waals surface area contributed by atoms with Gasteiger partial charge in [-0.15, -0.1) is 0 Å². The van der Waals surface area contributed by atoms with E-state index in [-0.39, 0.29) is 34.0 Å². The summed E-state index contributed by atoms with van der Waals surface area (Å²) in [6.07, 6.45) is 2.77. The molecule has 4 nitrogen and oxygen atoms in total. The predicted octanol–water partition coefficient (Wildman–Crippen LogP) is 5.39. The molecule has 0 spiro atoms. The first-order valence-electron chi connectivity index (χ1n) is 10.4. The Balaban J connectivity index is 1.74. The van der Waals surface area contributed by atoms with Crippen LogP contribution in [0, 0.1) is 11.6 Å². The van der Waals surface area contributed by atoms with Gasteiger partial charge in [-0.3, -0.25) is 9.59 Å². The molecule has 1 N–H and O–H groups in total. The van der Waals surface area contributed by atoms with Crippen molar-refractivity contribution in [3.05, 3.63) is 80.8 Å². The monoisotopic (exact) mass is 488 g/mol. The van der Waals surface area contributed by atoms with Gasteiger partial charge in [0, 0.05) is 29.5 Å². The lowest BCUT2D eigenvalue weighted by Crippen LogP contribution is -2.31. The minimum atomic E-state index is -0.651. The van der Waals surface area contributed by atoms with Crippen molar-refractivity contribution in [2.75, 3.05) is 0 Å². The summed E-state index contributed by atoms with van der Waals surface area (Å²) in [6, 6.07) is 9.18. The molecule has 1 aliphatic rings. The zero-order valence-corrected chi connectivity index (χ0v) is 18.8. The fourth-order valence-corrected chi connectivity index (χ4v) is 4.63. The van der Waals surface area contributed by atoms with Gasteiger partial charge < -0.3 is 9.88 Å². The number of aromatic nitrogens is 1. The van der Waals surface area contributed by atoms with Gasteiger partial charge in [-0.1, -0.05) is 41.1 Å². The summed E-state index contributed by atoms with van der Waals surface area (Å²) in [5.41, 5.74) is 1.95. The lowest BCUT2D eigenvalue weighted by atomic mass is 10.0. The van der Waals surface area contributed by atoms with Crippen LogP contribution in [-0.4, -0.2) is 10.5 Å². The van der Waals surface area contributed by atoms with Crippen molar-refractivity contribution >= 4 is 32.6 Å². The molecule has 0 radical (unpaired) electrons. The first kappa shape index (κ1) is 21.7. The number of nitrogens with zero attached hydrogens (tertiary/aromatic N) is 1. The lowest BCUT2D eigenvalue weighted by Gasteiger charge is -2.18. The van der Waals surface area contributed by atoms with E-state index in [2.05, 4.69) is 21.2 Å². The van der Waals surface area contributed by atoms with Crippen molar-refractivity contribution in [1.29, 1.82) is 0 Å². The van der Waals surface area contributed by atoms with Crippen LogP contribution < -0.4 is 10.9 Å². The summed E-state index contributed by atoms with van der Waals surface area (Å²) in [6.45, 7) is 2.43. The Morgan fingerprint density at radius 2 is 2.00 bits per heavy atom. The summed E-state index contributed by atoms with van der Waals surface area (Å²) in [5.74, 6) is -0.998. The van der Waals surface area contributed by atoms with Gasteiger partial charge in [-0.05, 0) is 54.5 Å². The highest BCUT2D eigenvalue weighted by Gasteiger charge is 2.25. The van der Waals surface area contributed by atoms with E-state index in [1.807, 2.05) is 13.0 Å². The van der Waals surface area contributed by atoms with E-state index < -0.39 is 17.3 Å². The number of fused-ring (bicyclic) bond motifs is 1. The Bertz CT molecular complexity index is 1220. The van der Waals surface area contributed by atoms with Gasteiger partial charge in [0.15, 0.2) is 0 Å². The maximum atomic E-state index is 14.6. The van der Waals surface area contributed by atoms with E-state index in [4.69, 9.17) is 0 Å². The van der Waals surface area contributed by atoms with Crippen LogP contribution in [-0.2, 0) is 18.4 Å². The molecule has 1 saturated carbocycles. The van der Waals surface area contributed by atoms with Crippen LogP contribution in [0.5, 0.6) is 0 Å². The number of pyridine rings is 1. The Labute approximate surface area is 187 Å². The van der Waals surface area contributed by atoms with Gasteiger partial charge >= 0.3 is 0 Å². The number of carbonyl (C=O) groups is 1. The van der Waals surface area contributed by atoms with Crippen molar-refractivity contribution in [2.45, 2.75) is 50.5 Å². The molecule has 3 aromatic rings. The van der Waals surface area contributed by atoms with E-state index in [9.17, 15) is 18.4 Å². The highest BCUT2D eigenvalue weighted by atomic mass is 79.9. The minimum absolute atomic E-state index is 0.0902. The fourth-order valence-electron chi connectivity index (χ4n) is 4.05. The molecule has 1 aliphatic carbocycles. The molecule has 162 valence electrons. The molecule has 31 heavy (non-hydrogen) atoms. The SMILES string of the molecule is CCCn1c(CBr)c(C(=O)NCc2cc(F)cc(C3CC3)c2)c2cccc(F)c2c1=O. The third-order valence-corrected chi connectivity index (χ3v) is 6.17. The molecule has 4 rings (SSSR count). The standard InChI is InChI=1S/C24H23BrF2N2O2/c1-2-8-29-20(12-25)22(18-4-3-5-19(27)21(18)24(29)31)23(30)28-13-14-9-16(15-6-7-15)11-17(26)10-14/h3-5,9-11,15H,2,6-8,12-13H2,1H3,(H,28,30). The maximum absolute atomic E-state index is 14.6. The molecule has 0 aliphatic heterocycles. The summed E-state index contributed by atoms with van der Waals surface area (Å²) in [4.78, 5) is 26.2. The molecule has 7 heteroatoms. The van der Waals surface area contributed by atoms with Crippen molar-refractivity contribution in [1.82, 2.24) is 9.88 Å². The number of hydrogen-bond acceptors (Lipinski definition) is 2. The molecular weight excluding hydrogens is 466 g/mol. The maximum Gasteiger partial charge on any atom is 0.261 e. The third kappa shape index (κ3) is 4.28. The number of alkyl halides is 1. The number of halogens is 3. The largest absolute Gasteiger partial charge is 0.348 e. The Hall–Kier alpha value is -2.54. The molecule has 0 unspecified atom stereocenters. The van der Waals surface area contributed by atoms with Crippen LogP contribution in [0.15, 0.2) is 41.2 Å². The lowest BCUT2D eigenvalue weighted by molar-refractivity contribution is 0.0951. The van der Waals surface area contributed by atoms with Crippen molar-refractivity contribution < 1.29 is 13.6 Å². The normalized spacial score (nSPS) is 13.5. The molecule has 1 aromatic heterocycles. The summed E-state index contributed by atoms with van der Waals surface area (Å²) >= 11 is 3.39. The van der Waals surface area contributed by atoms with Crippen LogP contribution in [0.1, 0.15) is 59.3 Å². The molecule has 0 bridgehead atoms.